The van der Waals surface area contributed by atoms with Crippen molar-refractivity contribution in [2.24, 2.45) is 5.92 Å². The molecule has 2 unspecified atom stereocenters. The number of carbonyl (C=O) groups excluding carboxylic acids is 1. The Balaban J connectivity index is 1.90. The molecule has 0 saturated carbocycles. The number of nitrogens with one attached hydrogen (secondary N) is 1. The van der Waals surface area contributed by atoms with Crippen LogP contribution in [-0.4, -0.2) is 41.1 Å². The smallest absolute Gasteiger partial charge is 0.317 e. The summed E-state index contributed by atoms with van der Waals surface area (Å²) in [6.07, 6.45) is 2.21. The summed E-state index contributed by atoms with van der Waals surface area (Å²) in [5.74, 6) is -1.26. The summed E-state index contributed by atoms with van der Waals surface area (Å²) >= 11 is 0. The van der Waals surface area contributed by atoms with Gasteiger partial charge in [0.05, 0.1) is 5.92 Å². The number of urea groups is 1. The summed E-state index contributed by atoms with van der Waals surface area (Å²) in [7, 11) is 0. The topological polar surface area (TPSA) is 69.6 Å². The zero-order valence-corrected chi connectivity index (χ0v) is 14.8. The molecule has 1 aromatic rings. The Morgan fingerprint density at radius 2 is 2.00 bits per heavy atom. The molecule has 5 nitrogen and oxygen atoms in total. The second-order valence-electron chi connectivity index (χ2n) is 7.43. The number of amides is 2. The number of hydrogen-bond acceptors (Lipinski definition) is 2. The van der Waals surface area contributed by atoms with E-state index in [1.165, 1.54) is 5.56 Å². The van der Waals surface area contributed by atoms with Crippen LogP contribution in [0.25, 0.3) is 0 Å². The standard InChI is InChI=1S/C19H28N2O3/c1-14(12-19(2,3)16-9-5-4-6-10-16)20-18(24)21-11-7-8-15(13-21)17(22)23/h4-6,9-10,14-15H,7-8,11-13H2,1-3H3,(H,20,24)(H,22,23). The van der Waals surface area contributed by atoms with E-state index < -0.39 is 11.9 Å². The van der Waals surface area contributed by atoms with Gasteiger partial charge in [-0.2, -0.15) is 0 Å². The van der Waals surface area contributed by atoms with Crippen LogP contribution in [0.3, 0.4) is 0 Å². The highest BCUT2D eigenvalue weighted by Gasteiger charge is 2.30. The van der Waals surface area contributed by atoms with Crippen molar-refractivity contribution in [1.29, 1.82) is 0 Å². The van der Waals surface area contributed by atoms with Gasteiger partial charge in [-0.1, -0.05) is 44.2 Å². The van der Waals surface area contributed by atoms with E-state index in [4.69, 9.17) is 5.11 Å². The van der Waals surface area contributed by atoms with Gasteiger partial charge in [-0.15, -0.1) is 0 Å². The molecule has 2 rings (SSSR count). The second-order valence-corrected chi connectivity index (χ2v) is 7.43. The number of likely N-dealkylation sites (tertiary alicyclic amines) is 1. The minimum absolute atomic E-state index is 0.0120. The third-order valence-corrected chi connectivity index (χ3v) is 4.80. The zero-order valence-electron chi connectivity index (χ0n) is 14.8. The molecule has 1 aliphatic heterocycles. The summed E-state index contributed by atoms with van der Waals surface area (Å²) in [5, 5.41) is 12.2. The summed E-state index contributed by atoms with van der Waals surface area (Å²) in [5.41, 5.74) is 1.20. The number of aliphatic carboxylic acids is 1. The lowest BCUT2D eigenvalue weighted by Crippen LogP contribution is -2.50. The van der Waals surface area contributed by atoms with E-state index in [-0.39, 0.29) is 17.5 Å². The number of nitrogens with zero attached hydrogens (tertiary/aromatic N) is 1. The monoisotopic (exact) mass is 332 g/mol. The summed E-state index contributed by atoms with van der Waals surface area (Å²) in [4.78, 5) is 25.2. The van der Waals surface area contributed by atoms with E-state index in [0.717, 1.165) is 12.8 Å². The Kier molecular flexibility index (Phi) is 5.86. The van der Waals surface area contributed by atoms with Crippen molar-refractivity contribution in [2.45, 2.75) is 51.5 Å². The van der Waals surface area contributed by atoms with Crippen molar-refractivity contribution in [3.63, 3.8) is 0 Å². The number of hydrogen-bond donors (Lipinski definition) is 2. The Bertz CT molecular complexity index is 571. The van der Waals surface area contributed by atoms with Crippen LogP contribution in [0.5, 0.6) is 0 Å². The van der Waals surface area contributed by atoms with Crippen molar-refractivity contribution in [1.82, 2.24) is 10.2 Å². The summed E-state index contributed by atoms with van der Waals surface area (Å²) < 4.78 is 0. The molecule has 1 heterocycles. The molecule has 0 bridgehead atoms. The van der Waals surface area contributed by atoms with Crippen LogP contribution in [0.2, 0.25) is 0 Å². The number of carbonyl (C=O) groups is 2. The van der Waals surface area contributed by atoms with E-state index in [9.17, 15) is 9.59 Å². The first-order valence-corrected chi connectivity index (χ1v) is 8.63. The molecule has 1 fully saturated rings. The first-order chi connectivity index (χ1) is 11.3. The zero-order chi connectivity index (χ0) is 17.7. The molecule has 2 N–H and O–H groups in total. The molecule has 1 saturated heterocycles. The predicted octanol–water partition coefficient (Wildman–Crippen LogP) is 3.25. The van der Waals surface area contributed by atoms with Crippen LogP contribution < -0.4 is 5.32 Å². The fourth-order valence-corrected chi connectivity index (χ4v) is 3.49. The van der Waals surface area contributed by atoms with Gasteiger partial charge in [0, 0.05) is 19.1 Å². The molecule has 1 aromatic carbocycles. The number of carboxylic acids is 1. The van der Waals surface area contributed by atoms with E-state index in [2.05, 4.69) is 31.3 Å². The van der Waals surface area contributed by atoms with Crippen LogP contribution >= 0.6 is 0 Å². The van der Waals surface area contributed by atoms with E-state index >= 15 is 0 Å². The molecule has 0 aliphatic carbocycles. The molecule has 2 amide bonds. The van der Waals surface area contributed by atoms with Crippen molar-refractivity contribution < 1.29 is 14.7 Å². The van der Waals surface area contributed by atoms with Crippen molar-refractivity contribution >= 4 is 12.0 Å². The number of rotatable bonds is 5. The van der Waals surface area contributed by atoms with Crippen molar-refractivity contribution in [3.8, 4) is 0 Å². The third kappa shape index (κ3) is 4.73. The van der Waals surface area contributed by atoms with Gasteiger partial charge in [0.1, 0.15) is 0 Å². The fourth-order valence-electron chi connectivity index (χ4n) is 3.49. The highest BCUT2D eigenvalue weighted by Crippen LogP contribution is 2.28. The Morgan fingerprint density at radius 3 is 2.62 bits per heavy atom. The van der Waals surface area contributed by atoms with E-state index in [0.29, 0.717) is 19.5 Å². The first-order valence-electron chi connectivity index (χ1n) is 8.63. The predicted molar refractivity (Wildman–Crippen MR) is 94.0 cm³/mol. The summed E-state index contributed by atoms with van der Waals surface area (Å²) in [6, 6.07) is 10.1. The summed E-state index contributed by atoms with van der Waals surface area (Å²) in [6.45, 7) is 7.28. The molecular formula is C19H28N2O3. The van der Waals surface area contributed by atoms with Gasteiger partial charge in [-0.25, -0.2) is 4.79 Å². The number of benzene rings is 1. The Morgan fingerprint density at radius 1 is 1.33 bits per heavy atom. The maximum atomic E-state index is 12.4. The largest absolute Gasteiger partial charge is 0.481 e. The minimum Gasteiger partial charge on any atom is -0.481 e. The molecule has 0 spiro atoms. The van der Waals surface area contributed by atoms with Gasteiger partial charge in [0.2, 0.25) is 0 Å². The van der Waals surface area contributed by atoms with Crippen LogP contribution in [0.1, 0.15) is 45.6 Å². The molecule has 24 heavy (non-hydrogen) atoms. The lowest BCUT2D eigenvalue weighted by atomic mass is 9.79. The van der Waals surface area contributed by atoms with Crippen LogP contribution in [0.4, 0.5) is 4.79 Å². The lowest BCUT2D eigenvalue weighted by molar-refractivity contribution is -0.143. The quantitative estimate of drug-likeness (QED) is 0.869. The molecular weight excluding hydrogens is 304 g/mol. The van der Waals surface area contributed by atoms with Crippen LogP contribution in [0, 0.1) is 5.92 Å². The second kappa shape index (κ2) is 7.69. The Hall–Kier alpha value is -2.04. The highest BCUT2D eigenvalue weighted by molar-refractivity contribution is 5.76. The SMILES string of the molecule is CC(CC(C)(C)c1ccccc1)NC(=O)N1CCCC(C(=O)O)C1. The van der Waals surface area contributed by atoms with Gasteiger partial charge in [-0.3, -0.25) is 4.79 Å². The Labute approximate surface area is 144 Å². The molecule has 132 valence electrons. The number of carboxylic acid groups (broad SMARTS) is 1. The van der Waals surface area contributed by atoms with Crippen molar-refractivity contribution in [2.75, 3.05) is 13.1 Å². The van der Waals surface area contributed by atoms with Crippen LogP contribution in [0.15, 0.2) is 30.3 Å². The third-order valence-electron chi connectivity index (χ3n) is 4.80. The van der Waals surface area contributed by atoms with Gasteiger partial charge in [-0.05, 0) is 37.2 Å². The van der Waals surface area contributed by atoms with E-state index in [1.807, 2.05) is 25.1 Å². The van der Waals surface area contributed by atoms with E-state index in [1.54, 1.807) is 4.90 Å². The van der Waals surface area contributed by atoms with Crippen LogP contribution in [-0.2, 0) is 10.2 Å². The number of piperidine rings is 1. The van der Waals surface area contributed by atoms with Crippen molar-refractivity contribution in [3.05, 3.63) is 35.9 Å². The average Bonchev–Trinajstić information content (AvgIpc) is 2.55. The average molecular weight is 332 g/mol. The molecule has 1 aliphatic rings. The molecule has 5 heteroatoms. The lowest BCUT2D eigenvalue weighted by Gasteiger charge is -2.33. The van der Waals surface area contributed by atoms with Gasteiger partial charge in [0.15, 0.2) is 0 Å². The normalized spacial score (nSPS) is 19.6. The fraction of sp³-hybridized carbons (Fsp3) is 0.579. The maximum Gasteiger partial charge on any atom is 0.317 e. The molecule has 2 atom stereocenters. The molecule has 0 radical (unpaired) electrons. The van der Waals surface area contributed by atoms with Gasteiger partial charge < -0.3 is 15.3 Å². The maximum absolute atomic E-state index is 12.4. The van der Waals surface area contributed by atoms with Gasteiger partial charge in [0.25, 0.3) is 0 Å². The minimum atomic E-state index is -0.814. The highest BCUT2D eigenvalue weighted by atomic mass is 16.4. The van der Waals surface area contributed by atoms with Gasteiger partial charge >= 0.3 is 12.0 Å². The first kappa shape index (κ1) is 18.3. The molecule has 0 aromatic heterocycles.